The summed E-state index contributed by atoms with van der Waals surface area (Å²) in [6.45, 7) is 3.53. The minimum atomic E-state index is 0.323. The number of likely N-dealkylation sites (tertiary alicyclic amines) is 1. The SMILES string of the molecule is Bc1cnn2c(NCc3cccnc3)cc(C3CCCN(Cc4cccc(O)c4)C3)nc12. The van der Waals surface area contributed by atoms with Crippen LogP contribution in [0.2, 0.25) is 0 Å². The number of aromatic nitrogens is 4. The van der Waals surface area contributed by atoms with E-state index in [1.807, 2.05) is 35.1 Å². The standard InChI is InChI=1S/C24H27BN6O/c25-21-14-28-31-23(27-13-18-5-2-8-26-12-18)11-22(29-24(21)31)19-6-3-9-30(16-19)15-17-4-1-7-20(32)10-17/h1-2,4-5,7-8,10-12,14,19,27,32H,3,6,9,13,15-16,25H2. The zero-order valence-electron chi connectivity index (χ0n) is 18.3. The van der Waals surface area contributed by atoms with E-state index in [4.69, 9.17) is 4.98 Å². The number of aromatic hydroxyl groups is 1. The Kier molecular flexibility index (Phi) is 5.77. The summed E-state index contributed by atoms with van der Waals surface area (Å²) in [7, 11) is 2.05. The maximum absolute atomic E-state index is 9.79. The monoisotopic (exact) mass is 426 g/mol. The van der Waals surface area contributed by atoms with Gasteiger partial charge in [-0.3, -0.25) is 9.88 Å². The average Bonchev–Trinajstić information content (AvgIpc) is 3.19. The molecule has 0 spiro atoms. The van der Waals surface area contributed by atoms with Crippen molar-refractivity contribution >= 4 is 24.8 Å². The van der Waals surface area contributed by atoms with Crippen molar-refractivity contribution in [2.45, 2.75) is 31.8 Å². The van der Waals surface area contributed by atoms with Crippen LogP contribution in [0.25, 0.3) is 5.65 Å². The highest BCUT2D eigenvalue weighted by molar-refractivity contribution is 6.36. The number of pyridine rings is 1. The van der Waals surface area contributed by atoms with Crippen LogP contribution in [0.3, 0.4) is 0 Å². The van der Waals surface area contributed by atoms with E-state index >= 15 is 0 Å². The van der Waals surface area contributed by atoms with Crippen molar-refractivity contribution in [2.75, 3.05) is 18.4 Å². The lowest BCUT2D eigenvalue weighted by Gasteiger charge is -2.32. The van der Waals surface area contributed by atoms with Crippen LogP contribution in [0.5, 0.6) is 5.75 Å². The summed E-state index contributed by atoms with van der Waals surface area (Å²) in [4.78, 5) is 11.7. The summed E-state index contributed by atoms with van der Waals surface area (Å²) in [5.74, 6) is 1.63. The molecule has 1 aromatic carbocycles. The molecule has 1 saturated heterocycles. The van der Waals surface area contributed by atoms with Crippen LogP contribution in [0.1, 0.15) is 35.6 Å². The van der Waals surface area contributed by atoms with Crippen molar-refractivity contribution in [1.29, 1.82) is 0 Å². The summed E-state index contributed by atoms with van der Waals surface area (Å²) < 4.78 is 1.89. The molecule has 8 heteroatoms. The molecule has 162 valence electrons. The quantitative estimate of drug-likeness (QED) is 0.460. The minimum Gasteiger partial charge on any atom is -0.508 e. The van der Waals surface area contributed by atoms with Crippen molar-refractivity contribution in [1.82, 2.24) is 24.5 Å². The molecule has 1 aliphatic heterocycles. The van der Waals surface area contributed by atoms with Gasteiger partial charge in [0, 0.05) is 50.2 Å². The molecule has 1 fully saturated rings. The predicted molar refractivity (Wildman–Crippen MR) is 128 cm³/mol. The van der Waals surface area contributed by atoms with E-state index in [1.54, 1.807) is 12.3 Å². The van der Waals surface area contributed by atoms with Gasteiger partial charge in [0.1, 0.15) is 19.4 Å². The Hall–Kier alpha value is -3.39. The minimum absolute atomic E-state index is 0.323. The summed E-state index contributed by atoms with van der Waals surface area (Å²) >= 11 is 0. The lowest BCUT2D eigenvalue weighted by molar-refractivity contribution is 0.198. The van der Waals surface area contributed by atoms with Gasteiger partial charge < -0.3 is 10.4 Å². The number of hydrogen-bond donors (Lipinski definition) is 2. The van der Waals surface area contributed by atoms with Gasteiger partial charge in [0.2, 0.25) is 0 Å². The molecule has 4 heterocycles. The fourth-order valence-electron chi connectivity index (χ4n) is 4.48. The van der Waals surface area contributed by atoms with Gasteiger partial charge in [0.25, 0.3) is 0 Å². The number of piperidine rings is 1. The Morgan fingerprint density at radius 2 is 2.03 bits per heavy atom. The summed E-state index contributed by atoms with van der Waals surface area (Å²) in [5.41, 5.74) is 5.35. The molecule has 4 aromatic rings. The molecule has 0 amide bonds. The van der Waals surface area contributed by atoms with Crippen molar-refractivity contribution in [3.05, 3.63) is 77.9 Å². The van der Waals surface area contributed by atoms with E-state index in [0.29, 0.717) is 18.2 Å². The van der Waals surface area contributed by atoms with Crippen LogP contribution in [0, 0.1) is 0 Å². The lowest BCUT2D eigenvalue weighted by Crippen LogP contribution is -2.34. The van der Waals surface area contributed by atoms with Gasteiger partial charge in [-0.15, -0.1) is 0 Å². The largest absolute Gasteiger partial charge is 0.508 e. The maximum atomic E-state index is 9.79. The van der Waals surface area contributed by atoms with Gasteiger partial charge in [-0.05, 0) is 54.2 Å². The first-order valence-corrected chi connectivity index (χ1v) is 11.1. The summed E-state index contributed by atoms with van der Waals surface area (Å²) in [6.07, 6.45) is 7.79. The van der Waals surface area contributed by atoms with Gasteiger partial charge in [-0.1, -0.05) is 18.2 Å². The Labute approximate surface area is 188 Å². The molecule has 7 nitrogen and oxygen atoms in total. The molecule has 0 aliphatic carbocycles. The molecule has 3 aromatic heterocycles. The van der Waals surface area contributed by atoms with Crippen LogP contribution in [-0.4, -0.2) is 50.5 Å². The van der Waals surface area contributed by atoms with Gasteiger partial charge >= 0.3 is 0 Å². The third kappa shape index (κ3) is 4.45. The third-order valence-electron chi connectivity index (χ3n) is 6.10. The van der Waals surface area contributed by atoms with Gasteiger partial charge in [0.15, 0.2) is 5.65 Å². The zero-order chi connectivity index (χ0) is 21.9. The smallest absolute Gasteiger partial charge is 0.151 e. The van der Waals surface area contributed by atoms with Crippen LogP contribution in [-0.2, 0) is 13.1 Å². The summed E-state index contributed by atoms with van der Waals surface area (Å²) in [5, 5.41) is 17.9. The molecule has 1 aliphatic rings. The van der Waals surface area contributed by atoms with Gasteiger partial charge in [-0.25, -0.2) is 4.98 Å². The normalized spacial score (nSPS) is 16.9. The zero-order valence-corrected chi connectivity index (χ0v) is 18.3. The number of phenols is 1. The number of phenolic OH excluding ortho intramolecular Hbond substituents is 1. The number of nitrogens with zero attached hydrogens (tertiary/aromatic N) is 5. The third-order valence-corrected chi connectivity index (χ3v) is 6.10. The molecule has 2 N–H and O–H groups in total. The van der Waals surface area contributed by atoms with Crippen LogP contribution in [0.15, 0.2) is 61.1 Å². The molecule has 5 rings (SSSR count). The molecule has 32 heavy (non-hydrogen) atoms. The van der Waals surface area contributed by atoms with Gasteiger partial charge in [-0.2, -0.15) is 9.61 Å². The molecular weight excluding hydrogens is 399 g/mol. The molecular formula is C24H27BN6O. The first-order valence-electron chi connectivity index (χ1n) is 11.1. The molecule has 0 saturated carbocycles. The van der Waals surface area contributed by atoms with Crippen molar-refractivity contribution < 1.29 is 5.11 Å². The predicted octanol–water partition coefficient (Wildman–Crippen LogP) is 2.08. The number of fused-ring (bicyclic) bond motifs is 1. The second kappa shape index (κ2) is 9.00. The number of anilines is 1. The van der Waals surface area contributed by atoms with E-state index in [0.717, 1.165) is 66.2 Å². The van der Waals surface area contributed by atoms with Crippen LogP contribution in [0.4, 0.5) is 5.82 Å². The lowest BCUT2D eigenvalue weighted by atomic mass is 9.93. The number of nitrogens with one attached hydrogen (secondary N) is 1. The first-order chi connectivity index (χ1) is 15.7. The second-order valence-corrected chi connectivity index (χ2v) is 8.59. The van der Waals surface area contributed by atoms with Crippen LogP contribution < -0.4 is 10.8 Å². The first kappa shape index (κ1) is 20.5. The Balaban J connectivity index is 1.38. The molecule has 0 bridgehead atoms. The van der Waals surface area contributed by atoms with E-state index in [-0.39, 0.29) is 0 Å². The highest BCUT2D eigenvalue weighted by Crippen LogP contribution is 2.29. The Bertz CT molecular complexity index is 1210. The van der Waals surface area contributed by atoms with Crippen LogP contribution >= 0.6 is 0 Å². The van der Waals surface area contributed by atoms with Crippen molar-refractivity contribution in [3.8, 4) is 5.75 Å². The summed E-state index contributed by atoms with van der Waals surface area (Å²) in [6, 6.07) is 13.7. The van der Waals surface area contributed by atoms with E-state index < -0.39 is 0 Å². The van der Waals surface area contributed by atoms with E-state index in [1.165, 1.54) is 0 Å². The highest BCUT2D eigenvalue weighted by atomic mass is 16.3. The second-order valence-electron chi connectivity index (χ2n) is 8.59. The van der Waals surface area contributed by atoms with Gasteiger partial charge in [0.05, 0.1) is 5.69 Å². The van der Waals surface area contributed by atoms with E-state index in [9.17, 15) is 5.11 Å². The molecule has 1 atom stereocenters. The number of benzene rings is 1. The molecule has 0 radical (unpaired) electrons. The molecule has 1 unspecified atom stereocenters. The van der Waals surface area contributed by atoms with E-state index in [2.05, 4.69) is 46.3 Å². The Morgan fingerprint density at radius 1 is 1.12 bits per heavy atom. The average molecular weight is 426 g/mol. The highest BCUT2D eigenvalue weighted by Gasteiger charge is 2.24. The number of hydrogen-bond acceptors (Lipinski definition) is 6. The Morgan fingerprint density at radius 3 is 2.88 bits per heavy atom. The van der Waals surface area contributed by atoms with Crippen molar-refractivity contribution in [2.24, 2.45) is 0 Å². The van der Waals surface area contributed by atoms with Crippen molar-refractivity contribution in [3.63, 3.8) is 0 Å². The fraction of sp³-hybridized carbons (Fsp3) is 0.292. The topological polar surface area (TPSA) is 78.6 Å². The maximum Gasteiger partial charge on any atom is 0.151 e. The fourth-order valence-corrected chi connectivity index (χ4v) is 4.48. The number of rotatable bonds is 6.